The second kappa shape index (κ2) is 7.85. The van der Waals surface area contributed by atoms with Gasteiger partial charge in [0, 0.05) is 49.2 Å². The number of fused-ring (bicyclic) bond motifs is 2. The van der Waals surface area contributed by atoms with Crippen LogP contribution in [0.2, 0.25) is 0 Å². The predicted molar refractivity (Wildman–Crippen MR) is 120 cm³/mol. The molecule has 0 spiro atoms. The topological polar surface area (TPSA) is 74.2 Å². The molecule has 168 valence electrons. The first-order valence-corrected chi connectivity index (χ1v) is 11.3. The van der Waals surface area contributed by atoms with Gasteiger partial charge < -0.3 is 14.5 Å². The van der Waals surface area contributed by atoms with E-state index in [2.05, 4.69) is 23.7 Å². The maximum Gasteiger partial charge on any atom is 0.271 e. The van der Waals surface area contributed by atoms with Crippen LogP contribution >= 0.6 is 0 Å². The van der Waals surface area contributed by atoms with E-state index in [0.717, 1.165) is 36.2 Å². The molecule has 3 aromatic rings. The van der Waals surface area contributed by atoms with Crippen molar-refractivity contribution in [3.63, 3.8) is 0 Å². The Morgan fingerprint density at radius 3 is 2.84 bits per heavy atom. The standard InChI is InChI=1S/C24H28FN5O2/c1-14(2)29-10-8-17-18(13-29)26-22(27-23(17)31)20-5-4-9-30(20)24(32)21-12-15-11-16(25)6-7-19(15)28(21)3/h6-7,11-12,14,20H,4-5,8-10,13H2,1-3H3,(H,26,27,31)/t20-/m1/s1. The molecule has 0 radical (unpaired) electrons. The normalized spacial score (nSPS) is 19.2. The van der Waals surface area contributed by atoms with Crippen LogP contribution in [-0.2, 0) is 20.0 Å². The third kappa shape index (κ3) is 3.43. The third-order valence-corrected chi connectivity index (χ3v) is 6.90. The van der Waals surface area contributed by atoms with Crippen LogP contribution in [0.1, 0.15) is 60.3 Å². The van der Waals surface area contributed by atoms with Crippen LogP contribution in [0.3, 0.4) is 0 Å². The van der Waals surface area contributed by atoms with Crippen molar-refractivity contribution in [2.75, 3.05) is 13.1 Å². The van der Waals surface area contributed by atoms with E-state index in [1.54, 1.807) is 21.6 Å². The van der Waals surface area contributed by atoms with E-state index < -0.39 is 0 Å². The van der Waals surface area contributed by atoms with Crippen molar-refractivity contribution in [2.24, 2.45) is 7.05 Å². The van der Waals surface area contributed by atoms with E-state index in [-0.39, 0.29) is 23.3 Å². The van der Waals surface area contributed by atoms with Gasteiger partial charge in [-0.15, -0.1) is 0 Å². The number of carbonyl (C=O) groups excluding carboxylic acids is 1. The van der Waals surface area contributed by atoms with Crippen molar-refractivity contribution in [1.82, 2.24) is 24.3 Å². The molecule has 32 heavy (non-hydrogen) atoms. The minimum atomic E-state index is -0.326. The Morgan fingerprint density at radius 2 is 2.06 bits per heavy atom. The summed E-state index contributed by atoms with van der Waals surface area (Å²) in [6, 6.07) is 6.37. The first kappa shape index (κ1) is 20.9. The monoisotopic (exact) mass is 437 g/mol. The lowest BCUT2D eigenvalue weighted by Gasteiger charge is -2.31. The number of likely N-dealkylation sites (tertiary alicyclic amines) is 1. The van der Waals surface area contributed by atoms with Crippen molar-refractivity contribution in [1.29, 1.82) is 0 Å². The van der Waals surface area contributed by atoms with Gasteiger partial charge in [0.25, 0.3) is 11.5 Å². The Hall–Kier alpha value is -3.00. The lowest BCUT2D eigenvalue weighted by Crippen LogP contribution is -2.40. The molecule has 5 rings (SSSR count). The second-order valence-electron chi connectivity index (χ2n) is 9.14. The first-order valence-electron chi connectivity index (χ1n) is 11.3. The molecule has 2 aromatic heterocycles. The fraction of sp³-hybridized carbons (Fsp3) is 0.458. The summed E-state index contributed by atoms with van der Waals surface area (Å²) in [5, 5.41) is 0.695. The maximum atomic E-state index is 13.7. The Morgan fingerprint density at radius 1 is 1.25 bits per heavy atom. The summed E-state index contributed by atoms with van der Waals surface area (Å²) in [4.78, 5) is 38.2. The van der Waals surface area contributed by atoms with Gasteiger partial charge in [-0.1, -0.05) is 0 Å². The summed E-state index contributed by atoms with van der Waals surface area (Å²) in [6.45, 7) is 6.39. The third-order valence-electron chi connectivity index (χ3n) is 6.90. The molecular weight excluding hydrogens is 409 g/mol. The Labute approximate surface area is 185 Å². The van der Waals surface area contributed by atoms with Crippen molar-refractivity contribution >= 4 is 16.8 Å². The van der Waals surface area contributed by atoms with E-state index in [1.807, 2.05) is 7.05 Å². The quantitative estimate of drug-likeness (QED) is 0.683. The van der Waals surface area contributed by atoms with Crippen LogP contribution < -0.4 is 5.56 Å². The summed E-state index contributed by atoms with van der Waals surface area (Å²) < 4.78 is 15.5. The molecule has 0 saturated carbocycles. The molecular formula is C24H28FN5O2. The molecule has 8 heteroatoms. The molecule has 2 aliphatic rings. The van der Waals surface area contributed by atoms with Gasteiger partial charge in [0.15, 0.2) is 0 Å². The minimum Gasteiger partial charge on any atom is -0.340 e. The molecule has 1 amide bonds. The number of benzene rings is 1. The summed E-state index contributed by atoms with van der Waals surface area (Å²) in [7, 11) is 1.82. The first-order chi connectivity index (χ1) is 15.3. The van der Waals surface area contributed by atoms with E-state index in [0.29, 0.717) is 42.5 Å². The zero-order chi connectivity index (χ0) is 22.6. The van der Waals surface area contributed by atoms with Gasteiger partial charge >= 0.3 is 0 Å². The largest absolute Gasteiger partial charge is 0.340 e. The number of H-pyrrole nitrogens is 1. The molecule has 4 heterocycles. The number of carbonyl (C=O) groups is 1. The van der Waals surface area contributed by atoms with E-state index in [1.165, 1.54) is 12.1 Å². The molecule has 0 bridgehead atoms. The van der Waals surface area contributed by atoms with Crippen molar-refractivity contribution in [2.45, 2.75) is 51.7 Å². The van der Waals surface area contributed by atoms with Crippen molar-refractivity contribution < 1.29 is 9.18 Å². The minimum absolute atomic E-state index is 0.0900. The number of nitrogens with zero attached hydrogens (tertiary/aromatic N) is 4. The fourth-order valence-electron chi connectivity index (χ4n) is 5.04. The number of nitrogens with one attached hydrogen (secondary N) is 1. The molecule has 1 N–H and O–H groups in total. The van der Waals surface area contributed by atoms with Crippen LogP contribution in [0, 0.1) is 5.82 Å². The molecule has 0 unspecified atom stereocenters. The summed E-state index contributed by atoms with van der Waals surface area (Å²) in [5.41, 5.74) is 2.80. The summed E-state index contributed by atoms with van der Waals surface area (Å²) in [6.07, 6.45) is 2.28. The fourth-order valence-corrected chi connectivity index (χ4v) is 5.04. The van der Waals surface area contributed by atoms with Gasteiger partial charge in [-0.2, -0.15) is 0 Å². The second-order valence-corrected chi connectivity index (χ2v) is 9.14. The predicted octanol–water partition coefficient (Wildman–Crippen LogP) is 3.14. The number of rotatable bonds is 3. The molecule has 1 fully saturated rings. The van der Waals surface area contributed by atoms with Gasteiger partial charge in [0.1, 0.15) is 17.3 Å². The summed E-state index contributed by atoms with van der Waals surface area (Å²) in [5.74, 6) is 0.109. The molecule has 7 nitrogen and oxygen atoms in total. The number of hydrogen-bond acceptors (Lipinski definition) is 4. The SMILES string of the molecule is CC(C)N1CCc2c(nc([C@H]3CCCN3C(=O)c3cc4cc(F)ccc4n3C)[nH]c2=O)C1. The smallest absolute Gasteiger partial charge is 0.271 e. The zero-order valence-corrected chi connectivity index (χ0v) is 18.7. The van der Waals surface area contributed by atoms with Crippen molar-refractivity contribution in [3.8, 4) is 0 Å². The van der Waals surface area contributed by atoms with Gasteiger partial charge in [0.2, 0.25) is 0 Å². The number of aromatic amines is 1. The van der Waals surface area contributed by atoms with Crippen molar-refractivity contribution in [3.05, 3.63) is 63.2 Å². The average Bonchev–Trinajstić information content (AvgIpc) is 3.37. The highest BCUT2D eigenvalue weighted by Crippen LogP contribution is 2.32. The number of hydrogen-bond donors (Lipinski definition) is 1. The van der Waals surface area contributed by atoms with Crippen LogP contribution in [0.5, 0.6) is 0 Å². The number of amides is 1. The van der Waals surface area contributed by atoms with Gasteiger partial charge in [-0.25, -0.2) is 9.37 Å². The number of aryl methyl sites for hydroxylation is 1. The van der Waals surface area contributed by atoms with Crippen LogP contribution in [0.15, 0.2) is 29.1 Å². The van der Waals surface area contributed by atoms with E-state index in [4.69, 9.17) is 4.98 Å². The Kier molecular flexibility index (Phi) is 5.12. The zero-order valence-electron chi connectivity index (χ0n) is 18.7. The molecule has 2 aliphatic heterocycles. The Balaban J connectivity index is 1.49. The van der Waals surface area contributed by atoms with Gasteiger partial charge in [0.05, 0.1) is 11.7 Å². The van der Waals surface area contributed by atoms with Crippen LogP contribution in [0.25, 0.3) is 10.9 Å². The van der Waals surface area contributed by atoms with Gasteiger partial charge in [-0.05, 0) is 57.4 Å². The molecule has 1 atom stereocenters. The maximum absolute atomic E-state index is 13.7. The average molecular weight is 438 g/mol. The highest BCUT2D eigenvalue weighted by atomic mass is 19.1. The highest BCUT2D eigenvalue weighted by molar-refractivity contribution is 5.99. The number of halogens is 1. The van der Waals surface area contributed by atoms with Crippen LogP contribution in [-0.4, -0.2) is 49.4 Å². The Bertz CT molecular complexity index is 1260. The molecule has 1 aromatic carbocycles. The lowest BCUT2D eigenvalue weighted by atomic mass is 10.0. The highest BCUT2D eigenvalue weighted by Gasteiger charge is 2.35. The molecule has 1 saturated heterocycles. The van der Waals surface area contributed by atoms with Gasteiger partial charge in [-0.3, -0.25) is 14.5 Å². The molecule has 0 aliphatic carbocycles. The van der Waals surface area contributed by atoms with Crippen LogP contribution in [0.4, 0.5) is 4.39 Å². The van der Waals surface area contributed by atoms with E-state index in [9.17, 15) is 14.0 Å². The summed E-state index contributed by atoms with van der Waals surface area (Å²) >= 11 is 0. The lowest BCUT2D eigenvalue weighted by molar-refractivity contribution is 0.0720. The van der Waals surface area contributed by atoms with E-state index >= 15 is 0 Å². The number of aromatic nitrogens is 3.